The van der Waals surface area contributed by atoms with E-state index < -0.39 is 23.1 Å². The van der Waals surface area contributed by atoms with Gasteiger partial charge < -0.3 is 5.73 Å². The Morgan fingerprint density at radius 2 is 1.96 bits per heavy atom. The van der Waals surface area contributed by atoms with Gasteiger partial charge >= 0.3 is 0 Å². The minimum atomic E-state index is -1.88. The van der Waals surface area contributed by atoms with Gasteiger partial charge in [0.2, 0.25) is 0 Å². The highest BCUT2D eigenvalue weighted by molar-refractivity contribution is 6.31. The monoisotopic (exact) mass is 393 g/mol. The second kappa shape index (κ2) is 6.35. The molecule has 2 N–H and O–H groups in total. The zero-order valence-corrected chi connectivity index (χ0v) is 15.9. The number of benzene rings is 1. The van der Waals surface area contributed by atoms with Gasteiger partial charge in [0, 0.05) is 34.5 Å². The van der Waals surface area contributed by atoms with Gasteiger partial charge in [0.15, 0.2) is 5.41 Å². The van der Waals surface area contributed by atoms with Crippen molar-refractivity contribution in [2.75, 3.05) is 7.05 Å². The lowest BCUT2D eigenvalue weighted by Crippen LogP contribution is -2.51. The van der Waals surface area contributed by atoms with Crippen molar-refractivity contribution < 1.29 is 4.39 Å². The lowest BCUT2D eigenvalue weighted by Gasteiger charge is -2.48. The highest BCUT2D eigenvalue weighted by Crippen LogP contribution is 2.59. The number of halogens is 2. The van der Waals surface area contributed by atoms with Gasteiger partial charge in [0.05, 0.1) is 23.4 Å². The molecule has 28 heavy (non-hydrogen) atoms. The molecule has 140 valence electrons. The number of nitrogens with two attached hydrogens (primary N) is 1. The molecule has 4 atom stereocenters. The minimum absolute atomic E-state index is 0.0387. The Morgan fingerprint density at radius 3 is 2.57 bits per heavy atom. The Kier molecular flexibility index (Phi) is 4.20. The van der Waals surface area contributed by atoms with Gasteiger partial charge in [-0.05, 0) is 37.6 Å². The normalized spacial score (nSPS) is 30.6. The maximum atomic E-state index is 15.0. The fourth-order valence-electron chi connectivity index (χ4n) is 5.21. The van der Waals surface area contributed by atoms with Gasteiger partial charge in [-0.2, -0.15) is 15.8 Å². The van der Waals surface area contributed by atoms with Crippen LogP contribution in [0.25, 0.3) is 0 Å². The summed E-state index contributed by atoms with van der Waals surface area (Å²) >= 11 is 6.38. The van der Waals surface area contributed by atoms with E-state index in [9.17, 15) is 20.2 Å². The fourth-order valence-corrected chi connectivity index (χ4v) is 5.49. The molecule has 1 fully saturated rings. The molecule has 2 bridgehead atoms. The molecule has 0 spiro atoms. The maximum Gasteiger partial charge on any atom is 0.191 e. The number of fused-ring (bicyclic) bond motifs is 4. The summed E-state index contributed by atoms with van der Waals surface area (Å²) in [7, 11) is 1.98. The van der Waals surface area contributed by atoms with Crippen LogP contribution < -0.4 is 5.73 Å². The standard InChI is InChI=1S/C21H17ClFN5/c1-28-11-5-6-16(28)17-12(7-11)13(8-24)20(27)21(9-25,10-26)19(17)18-14(22)3-2-4-15(18)23/h2-4,7,11,16-17,19H,5-6,27H2,1H3/t11-,16-,17+,19+/m0/s1. The topological polar surface area (TPSA) is 101 Å². The zero-order chi connectivity index (χ0) is 20.2. The van der Waals surface area contributed by atoms with Crippen LogP contribution in [-0.4, -0.2) is 24.0 Å². The van der Waals surface area contributed by atoms with E-state index in [1.54, 1.807) is 6.07 Å². The highest BCUT2D eigenvalue weighted by atomic mass is 35.5. The molecule has 2 aliphatic heterocycles. The first-order chi connectivity index (χ1) is 13.4. The Morgan fingerprint density at radius 1 is 1.25 bits per heavy atom. The molecule has 1 aromatic carbocycles. The first kappa shape index (κ1) is 18.5. The molecule has 7 heteroatoms. The van der Waals surface area contributed by atoms with Crippen LogP contribution in [0.4, 0.5) is 4.39 Å². The van der Waals surface area contributed by atoms with Crippen molar-refractivity contribution in [2.45, 2.75) is 30.8 Å². The fraction of sp³-hybridized carbons (Fsp3) is 0.381. The van der Waals surface area contributed by atoms with Crippen molar-refractivity contribution >= 4 is 11.6 Å². The predicted molar refractivity (Wildman–Crippen MR) is 101 cm³/mol. The van der Waals surface area contributed by atoms with E-state index in [1.807, 2.05) is 25.3 Å². The number of allylic oxidation sites excluding steroid dienone is 2. The van der Waals surface area contributed by atoms with Crippen LogP contribution in [0.3, 0.4) is 0 Å². The van der Waals surface area contributed by atoms with Crippen molar-refractivity contribution in [1.82, 2.24) is 4.90 Å². The van der Waals surface area contributed by atoms with Gasteiger partial charge in [0.25, 0.3) is 0 Å². The number of nitrogens with zero attached hydrogens (tertiary/aromatic N) is 4. The largest absolute Gasteiger partial charge is 0.399 e. The van der Waals surface area contributed by atoms with E-state index >= 15 is 0 Å². The summed E-state index contributed by atoms with van der Waals surface area (Å²) in [5.41, 5.74) is 5.25. The summed E-state index contributed by atoms with van der Waals surface area (Å²) in [5.74, 6) is -1.92. The lowest BCUT2D eigenvalue weighted by molar-refractivity contribution is 0.159. The van der Waals surface area contributed by atoms with Crippen molar-refractivity contribution in [3.05, 3.63) is 57.5 Å². The molecule has 3 aliphatic rings. The molecule has 1 aromatic rings. The lowest BCUT2D eigenvalue weighted by atomic mass is 9.56. The van der Waals surface area contributed by atoms with E-state index in [0.717, 1.165) is 12.8 Å². The molecule has 0 amide bonds. The molecular formula is C21H17ClFN5. The molecule has 1 saturated heterocycles. The second-order valence-corrected chi connectivity index (χ2v) is 7.98. The van der Waals surface area contributed by atoms with Crippen molar-refractivity contribution in [1.29, 1.82) is 15.8 Å². The third-order valence-corrected chi connectivity index (χ3v) is 6.86. The first-order valence-electron chi connectivity index (χ1n) is 9.02. The van der Waals surface area contributed by atoms with E-state index in [1.165, 1.54) is 12.1 Å². The highest BCUT2D eigenvalue weighted by Gasteiger charge is 2.59. The van der Waals surface area contributed by atoms with Crippen LogP contribution in [0.1, 0.15) is 24.3 Å². The summed E-state index contributed by atoms with van der Waals surface area (Å²) in [5, 5.41) is 30.1. The van der Waals surface area contributed by atoms with E-state index in [0.29, 0.717) is 5.57 Å². The van der Waals surface area contributed by atoms with Gasteiger partial charge in [-0.15, -0.1) is 0 Å². The van der Waals surface area contributed by atoms with Gasteiger partial charge in [-0.1, -0.05) is 23.7 Å². The smallest absolute Gasteiger partial charge is 0.191 e. The van der Waals surface area contributed by atoms with Crippen molar-refractivity contribution in [3.63, 3.8) is 0 Å². The molecule has 0 aromatic heterocycles. The van der Waals surface area contributed by atoms with Gasteiger partial charge in [-0.3, -0.25) is 4.90 Å². The molecule has 0 unspecified atom stereocenters. The van der Waals surface area contributed by atoms with Gasteiger partial charge in [-0.25, -0.2) is 4.39 Å². The number of rotatable bonds is 1. The average Bonchev–Trinajstić information content (AvgIpc) is 2.91. The van der Waals surface area contributed by atoms with E-state index in [-0.39, 0.29) is 33.9 Å². The molecule has 0 radical (unpaired) electrons. The third kappa shape index (κ3) is 2.18. The number of nitriles is 3. The molecular weight excluding hydrogens is 377 g/mol. The SMILES string of the molecule is CN1[C@@H]2C=C3C(C#N)=C(N)C(C#N)(C#N)[C@@H](c4c(F)cccc4Cl)[C@H]3[C@@H]1CC2. The van der Waals surface area contributed by atoms with Gasteiger partial charge in [0.1, 0.15) is 11.9 Å². The summed E-state index contributed by atoms with van der Waals surface area (Å²) in [6.45, 7) is 0. The summed E-state index contributed by atoms with van der Waals surface area (Å²) in [6, 6.07) is 10.6. The Hall–Kier alpha value is -2.85. The predicted octanol–water partition coefficient (Wildman–Crippen LogP) is 3.37. The maximum absolute atomic E-state index is 15.0. The van der Waals surface area contributed by atoms with Crippen LogP contribution in [0.2, 0.25) is 5.02 Å². The molecule has 5 nitrogen and oxygen atoms in total. The first-order valence-corrected chi connectivity index (χ1v) is 9.39. The minimum Gasteiger partial charge on any atom is -0.399 e. The Balaban J connectivity index is 2.11. The van der Waals surface area contributed by atoms with E-state index in [4.69, 9.17) is 17.3 Å². The Bertz CT molecular complexity index is 1020. The number of likely N-dealkylation sites (N-methyl/N-ethyl adjacent to an activating group) is 1. The molecule has 0 saturated carbocycles. The van der Waals surface area contributed by atoms with Crippen molar-refractivity contribution in [3.8, 4) is 18.2 Å². The molecule has 4 rings (SSSR count). The van der Waals surface area contributed by atoms with Crippen molar-refractivity contribution in [2.24, 2.45) is 17.1 Å². The van der Waals surface area contributed by atoms with E-state index in [2.05, 4.69) is 11.0 Å². The van der Waals surface area contributed by atoms with Crippen LogP contribution in [0, 0.1) is 51.1 Å². The molecule has 2 heterocycles. The molecule has 1 aliphatic carbocycles. The number of hydrogen-bond donors (Lipinski definition) is 1. The number of hydrogen-bond acceptors (Lipinski definition) is 5. The quantitative estimate of drug-likeness (QED) is 0.788. The van der Waals surface area contributed by atoms with Crippen LogP contribution in [0.15, 0.2) is 41.1 Å². The summed E-state index contributed by atoms with van der Waals surface area (Å²) in [4.78, 5) is 2.17. The Labute approximate surface area is 167 Å². The summed E-state index contributed by atoms with van der Waals surface area (Å²) < 4.78 is 15.0. The van der Waals surface area contributed by atoms with Crippen LogP contribution in [-0.2, 0) is 0 Å². The average molecular weight is 394 g/mol. The summed E-state index contributed by atoms with van der Waals surface area (Å²) in [6.07, 6.45) is 3.70. The van der Waals surface area contributed by atoms with Crippen LogP contribution >= 0.6 is 11.6 Å². The third-order valence-electron chi connectivity index (χ3n) is 6.53. The van der Waals surface area contributed by atoms with Crippen LogP contribution in [0.5, 0.6) is 0 Å². The zero-order valence-electron chi connectivity index (χ0n) is 15.2. The second-order valence-electron chi connectivity index (χ2n) is 7.57.